The van der Waals surface area contributed by atoms with Gasteiger partial charge in [-0.05, 0) is 166 Å². The highest BCUT2D eigenvalue weighted by atomic mass is 16.4. The molecule has 2 heteroatoms. The molecule has 120 heavy (non-hydrogen) atoms. The molecule has 0 radical (unpaired) electrons. The van der Waals surface area contributed by atoms with E-state index in [4.69, 9.17) is 0 Å². The molecule has 1 N–H and O–H groups in total. The van der Waals surface area contributed by atoms with Crippen molar-refractivity contribution in [3.05, 3.63) is 0 Å². The van der Waals surface area contributed by atoms with Crippen LogP contribution in [0.2, 0.25) is 0 Å². The summed E-state index contributed by atoms with van der Waals surface area (Å²) in [6.45, 7) is 45.3. The largest absolute Gasteiger partial charge is 0.481 e. The Kier molecular flexibility index (Phi) is 79.1. The Bertz CT molecular complexity index is 1990. The smallest absolute Gasteiger partial charge is 0.310 e. The Hall–Kier alpha value is -0.530. The Labute approximate surface area is 762 Å². The van der Waals surface area contributed by atoms with Gasteiger partial charge >= 0.3 is 5.97 Å². The molecule has 0 fully saturated rings. The molecule has 0 aromatic carbocycles. The predicted molar refractivity (Wildman–Crippen MR) is 548 cm³/mol. The first kappa shape index (κ1) is 119. The summed E-state index contributed by atoms with van der Waals surface area (Å²) in [5.41, 5.74) is -0.684. The lowest BCUT2D eigenvalue weighted by Gasteiger charge is -2.77. The van der Waals surface area contributed by atoms with Gasteiger partial charge in [0.2, 0.25) is 0 Å². The molecule has 0 aromatic heterocycles. The number of carbonyl (C=O) groups is 1. The molecule has 0 aromatic rings. The van der Waals surface area contributed by atoms with Gasteiger partial charge in [-0.1, -0.05) is 581 Å². The number of carboxylic acid groups (broad SMARTS) is 1. The summed E-state index contributed by atoms with van der Waals surface area (Å²) < 4.78 is 0. The average Bonchev–Trinajstić information content (AvgIpc) is 0.659. The van der Waals surface area contributed by atoms with Gasteiger partial charge < -0.3 is 5.11 Å². The summed E-state index contributed by atoms with van der Waals surface area (Å²) in [5, 5.41) is 14.7. The minimum atomic E-state index is -0.829. The SMILES string of the molecule is CCCCCCC(CCCCCC)(CCCCCC)C(CC)CCCCC(CCCCCC)(C(=O)O)C(CCCCCC)(CCCCCC)C(CCCCCC)(CCCCCC)C(CCCCCC)(CCCCCC)C(CCCCCC)(CCCCCC)C(CCCCCC)(CCCCCC)C(CCCCCC)(CCCCCC)CCCCCC. The summed E-state index contributed by atoms with van der Waals surface area (Å²) >= 11 is 0. The van der Waals surface area contributed by atoms with Crippen LogP contribution >= 0.6 is 0 Å². The molecule has 0 bridgehead atoms. The Morgan fingerprint density at radius 1 is 0.175 bits per heavy atom. The molecule has 0 spiro atoms. The number of carboxylic acids is 1. The van der Waals surface area contributed by atoms with Gasteiger partial charge in [0.1, 0.15) is 0 Å². The van der Waals surface area contributed by atoms with Crippen molar-refractivity contribution in [2.24, 2.45) is 49.2 Å². The van der Waals surface area contributed by atoms with E-state index in [0.717, 1.165) is 25.7 Å². The van der Waals surface area contributed by atoms with Crippen molar-refractivity contribution in [1.82, 2.24) is 0 Å². The first-order chi connectivity index (χ1) is 58.6. The van der Waals surface area contributed by atoms with E-state index in [0.29, 0.717) is 11.3 Å². The fraction of sp³-hybridized carbons (Fsp3) is 0.992. The Morgan fingerprint density at radius 2 is 0.333 bits per heavy atom. The van der Waals surface area contributed by atoms with Gasteiger partial charge in [-0.25, -0.2) is 0 Å². The predicted octanol–water partition coefficient (Wildman–Crippen LogP) is 44.0. The quantitative estimate of drug-likeness (QED) is 0.0616. The van der Waals surface area contributed by atoms with E-state index in [-0.39, 0.29) is 38.5 Å². The molecule has 0 amide bonds. The van der Waals surface area contributed by atoms with Crippen LogP contribution in [-0.2, 0) is 4.79 Å². The topological polar surface area (TPSA) is 37.3 Å². The maximum atomic E-state index is 17.9. The first-order valence-electron chi connectivity index (χ1n) is 57.9. The first-order valence-corrected chi connectivity index (χ1v) is 57.9. The van der Waals surface area contributed by atoms with Crippen LogP contribution < -0.4 is 0 Å². The minimum Gasteiger partial charge on any atom is -0.481 e. The molecule has 0 rings (SSSR count). The summed E-state index contributed by atoms with van der Waals surface area (Å²) in [4.78, 5) is 17.9. The van der Waals surface area contributed by atoms with E-state index in [1.165, 1.54) is 552 Å². The van der Waals surface area contributed by atoms with Crippen LogP contribution in [0.1, 0.15) is 703 Å². The molecule has 0 aliphatic rings. The highest BCUT2D eigenvalue weighted by molar-refractivity contribution is 5.76. The van der Waals surface area contributed by atoms with Crippen molar-refractivity contribution >= 4 is 5.97 Å². The number of rotatable bonds is 99. The summed E-state index contributed by atoms with van der Waals surface area (Å²) in [6.07, 6.45) is 119. The fourth-order valence-corrected chi connectivity index (χ4v) is 27.4. The second kappa shape index (κ2) is 79.4. The zero-order valence-corrected chi connectivity index (χ0v) is 87.6. The molecule has 0 saturated heterocycles. The van der Waals surface area contributed by atoms with Gasteiger partial charge in [-0.15, -0.1) is 0 Å². The lowest BCUT2D eigenvalue weighted by Crippen LogP contribution is -2.71. The highest BCUT2D eigenvalue weighted by Gasteiger charge is 2.77. The van der Waals surface area contributed by atoms with Gasteiger partial charge in [0.25, 0.3) is 0 Å². The van der Waals surface area contributed by atoms with Gasteiger partial charge in [-0.3, -0.25) is 4.79 Å². The maximum absolute atomic E-state index is 17.9. The zero-order chi connectivity index (χ0) is 88.8. The van der Waals surface area contributed by atoms with Crippen LogP contribution in [0, 0.1) is 49.2 Å². The maximum Gasteiger partial charge on any atom is 0.310 e. The van der Waals surface area contributed by atoms with E-state index in [9.17, 15) is 5.11 Å². The molecule has 720 valence electrons. The molecule has 0 saturated carbocycles. The Morgan fingerprint density at radius 3 is 0.533 bits per heavy atom. The molecule has 2 unspecified atom stereocenters. The van der Waals surface area contributed by atoms with Crippen molar-refractivity contribution in [3.63, 3.8) is 0 Å². The van der Waals surface area contributed by atoms with Gasteiger partial charge in [0, 0.05) is 0 Å². The van der Waals surface area contributed by atoms with Crippen LogP contribution in [-0.4, -0.2) is 11.1 Å². The summed E-state index contributed by atoms with van der Waals surface area (Å²) in [6, 6.07) is 0. The van der Waals surface area contributed by atoms with Gasteiger partial charge in [0.05, 0.1) is 5.41 Å². The lowest BCUT2D eigenvalue weighted by molar-refractivity contribution is -0.292. The molecular formula is C118H236O2. The van der Waals surface area contributed by atoms with Crippen LogP contribution in [0.4, 0.5) is 0 Å². The van der Waals surface area contributed by atoms with Crippen molar-refractivity contribution < 1.29 is 9.90 Å². The lowest BCUT2D eigenvalue weighted by atomic mass is 9.26. The molecule has 2 nitrogen and oxygen atoms in total. The number of aliphatic carboxylic acids is 1. The Balaban J connectivity index is 12.6. The van der Waals surface area contributed by atoms with Crippen LogP contribution in [0.25, 0.3) is 0 Å². The monoisotopic (exact) mass is 1690 g/mol. The van der Waals surface area contributed by atoms with Gasteiger partial charge in [-0.2, -0.15) is 0 Å². The standard InChI is InChI=1S/C118H236O2/c1-19-37-54-72-91-111(92-73-55-38-20-2,93-74-56-39-21-3)109(36-18)90-71-89-98-113(110(119)120,97-78-60-43-25-7)115(101-81-63-46-28-10,102-82-64-47-29-11)117(105-85-67-50-32-14,106-86-68-51-33-15)118(107-87-69-52-34-16,108-88-70-53-35-17)116(103-83-65-48-30-12,104-84-66-49-31-13)114(99-79-61-44-26-8,100-80-62-45-27-9)112(94-75-57-40-22-4,95-76-58-41-23-5)96-77-59-42-24-6/h109H,19-108H2,1-18H3,(H,119,120). The van der Waals surface area contributed by atoms with Crippen LogP contribution in [0.3, 0.4) is 0 Å². The number of unbranched alkanes of at least 4 members (excludes halogenated alkanes) is 52. The van der Waals surface area contributed by atoms with E-state index < -0.39 is 5.41 Å². The molecule has 0 heterocycles. The molecule has 0 aliphatic carbocycles. The van der Waals surface area contributed by atoms with Crippen molar-refractivity contribution in [2.75, 3.05) is 0 Å². The molecular weight excluding hydrogens is 1450 g/mol. The normalized spacial score (nSPS) is 13.7. The summed E-state index contributed by atoms with van der Waals surface area (Å²) in [7, 11) is 0. The molecule has 2 atom stereocenters. The minimum absolute atomic E-state index is 0.0295. The van der Waals surface area contributed by atoms with E-state index >= 15 is 4.79 Å². The average molecular weight is 1690 g/mol. The van der Waals surface area contributed by atoms with Crippen molar-refractivity contribution in [3.8, 4) is 0 Å². The number of hydrogen-bond acceptors (Lipinski definition) is 1. The zero-order valence-electron chi connectivity index (χ0n) is 87.6. The third kappa shape index (κ3) is 42.1. The fourth-order valence-electron chi connectivity index (χ4n) is 27.4. The van der Waals surface area contributed by atoms with Gasteiger partial charge in [0.15, 0.2) is 0 Å². The van der Waals surface area contributed by atoms with Crippen molar-refractivity contribution in [1.29, 1.82) is 0 Å². The highest BCUT2D eigenvalue weighted by Crippen LogP contribution is 2.83. The van der Waals surface area contributed by atoms with E-state index in [1.807, 2.05) is 0 Å². The van der Waals surface area contributed by atoms with Crippen LogP contribution in [0.15, 0.2) is 0 Å². The summed E-state index contributed by atoms with van der Waals surface area (Å²) in [5.74, 6) is 0.439. The second-order valence-electron chi connectivity index (χ2n) is 42.6. The second-order valence-corrected chi connectivity index (χ2v) is 42.6. The van der Waals surface area contributed by atoms with E-state index in [2.05, 4.69) is 125 Å². The molecule has 0 aliphatic heterocycles. The van der Waals surface area contributed by atoms with E-state index in [1.54, 1.807) is 0 Å². The third-order valence-corrected chi connectivity index (χ3v) is 33.9. The third-order valence-electron chi connectivity index (χ3n) is 33.9. The van der Waals surface area contributed by atoms with Crippen molar-refractivity contribution in [2.45, 2.75) is 703 Å². The number of hydrogen-bond donors (Lipinski definition) is 1. The van der Waals surface area contributed by atoms with Crippen LogP contribution in [0.5, 0.6) is 0 Å².